The smallest absolute Gasteiger partial charge is 0.388 e. The second kappa shape index (κ2) is 25.2. The van der Waals surface area contributed by atoms with Crippen molar-refractivity contribution >= 4 is 22.0 Å². The Kier molecular flexibility index (Phi) is 23.6. The molecule has 272 valence electrons. The Morgan fingerprint density at radius 2 is 0.804 bits per heavy atom. The van der Waals surface area contributed by atoms with E-state index >= 15 is 0 Å². The highest BCUT2D eigenvalue weighted by Gasteiger charge is 2.72. The van der Waals surface area contributed by atoms with Crippen LogP contribution in [0.1, 0.15) is 214 Å². The Morgan fingerprint density at radius 3 is 1.02 bits per heavy atom. The Bertz CT molecular complexity index is 845. The van der Waals surface area contributed by atoms with Gasteiger partial charge in [0.05, 0.1) is 0 Å². The maximum absolute atomic E-state index is 13.8. The molecule has 1 atom stereocenters. The zero-order valence-corrected chi connectivity index (χ0v) is 31.2. The van der Waals surface area contributed by atoms with Crippen molar-refractivity contribution in [2.75, 3.05) is 0 Å². The van der Waals surface area contributed by atoms with Gasteiger partial charge in [-0.25, -0.2) is 8.37 Å². The van der Waals surface area contributed by atoms with E-state index in [1.54, 1.807) is 6.92 Å². The fourth-order valence-corrected chi connectivity index (χ4v) is 8.35. The SMILES string of the molecule is CCCCCCCCCCCCCCCC(=O)C(CC)(C(=O)CCCCCCCCCCCCCCC)C1(C(C)O)OS(=O)(=O)O1. The van der Waals surface area contributed by atoms with E-state index in [-0.39, 0.29) is 30.8 Å². The predicted octanol–water partition coefficient (Wildman–Crippen LogP) is 10.9. The van der Waals surface area contributed by atoms with Crippen LogP contribution in [0.25, 0.3) is 0 Å². The molecule has 8 heteroatoms. The summed E-state index contributed by atoms with van der Waals surface area (Å²) in [6, 6.07) is 0. The molecule has 46 heavy (non-hydrogen) atoms. The van der Waals surface area contributed by atoms with Crippen molar-refractivity contribution in [3.63, 3.8) is 0 Å². The van der Waals surface area contributed by atoms with Gasteiger partial charge in [0.25, 0.3) is 5.79 Å². The van der Waals surface area contributed by atoms with E-state index in [4.69, 9.17) is 8.37 Å². The van der Waals surface area contributed by atoms with Gasteiger partial charge in [0.2, 0.25) is 0 Å². The van der Waals surface area contributed by atoms with E-state index in [1.807, 2.05) is 0 Å². The fourth-order valence-electron chi connectivity index (χ4n) is 7.17. The van der Waals surface area contributed by atoms with Crippen LogP contribution in [-0.2, 0) is 28.4 Å². The van der Waals surface area contributed by atoms with E-state index in [9.17, 15) is 23.1 Å². The molecule has 1 rings (SSSR count). The number of hydrogen-bond donors (Lipinski definition) is 1. The first kappa shape index (κ1) is 43.2. The summed E-state index contributed by atoms with van der Waals surface area (Å²) in [6.45, 7) is 7.50. The van der Waals surface area contributed by atoms with Gasteiger partial charge >= 0.3 is 10.4 Å². The Hall–Kier alpha value is -0.830. The molecule has 0 aromatic heterocycles. The largest absolute Gasteiger partial charge is 0.405 e. The lowest BCUT2D eigenvalue weighted by molar-refractivity contribution is -0.288. The topological polar surface area (TPSA) is 107 Å². The van der Waals surface area contributed by atoms with Gasteiger partial charge in [-0.05, 0) is 26.2 Å². The van der Waals surface area contributed by atoms with Crippen molar-refractivity contribution in [1.29, 1.82) is 0 Å². The number of Topliss-reactive ketones (excluding diaryl/α,β-unsaturated/α-hetero) is 2. The minimum absolute atomic E-state index is 0.0158. The average Bonchev–Trinajstić information content (AvgIpc) is 3.01. The third-order valence-electron chi connectivity index (χ3n) is 10.1. The first-order chi connectivity index (χ1) is 22.1. The van der Waals surface area contributed by atoms with E-state index in [1.165, 1.54) is 122 Å². The van der Waals surface area contributed by atoms with E-state index < -0.39 is 27.7 Å². The summed E-state index contributed by atoms with van der Waals surface area (Å²) in [7, 11) is -4.36. The number of carbonyl (C=O) groups excluding carboxylic acids is 2. The van der Waals surface area contributed by atoms with Gasteiger partial charge in [0.1, 0.15) is 11.5 Å². The van der Waals surface area contributed by atoms with E-state index in [2.05, 4.69) is 13.8 Å². The first-order valence-corrected chi connectivity index (χ1v) is 20.9. The molecule has 1 N–H and O–H groups in total. The Morgan fingerprint density at radius 1 is 0.543 bits per heavy atom. The van der Waals surface area contributed by atoms with Crippen molar-refractivity contribution < 1.29 is 31.5 Å². The zero-order chi connectivity index (χ0) is 34.2. The number of carbonyl (C=O) groups is 2. The van der Waals surface area contributed by atoms with Crippen LogP contribution in [-0.4, -0.2) is 37.0 Å². The quantitative estimate of drug-likeness (QED) is 0.0546. The van der Waals surface area contributed by atoms with Crippen molar-refractivity contribution in [2.24, 2.45) is 5.41 Å². The maximum Gasteiger partial charge on any atom is 0.405 e. The number of ketones is 2. The van der Waals surface area contributed by atoms with Gasteiger partial charge in [-0.3, -0.25) is 9.59 Å². The fraction of sp³-hybridized carbons (Fsp3) is 0.947. The molecule has 0 aromatic rings. The van der Waals surface area contributed by atoms with Crippen molar-refractivity contribution in [3.8, 4) is 0 Å². The zero-order valence-electron chi connectivity index (χ0n) is 30.4. The average molecular weight is 673 g/mol. The number of aliphatic hydroxyl groups excluding tert-OH is 1. The summed E-state index contributed by atoms with van der Waals surface area (Å²) in [5.74, 6) is -2.95. The molecule has 0 aromatic carbocycles. The second-order valence-corrected chi connectivity index (χ2v) is 15.2. The third kappa shape index (κ3) is 15.2. The molecule has 0 radical (unpaired) electrons. The van der Waals surface area contributed by atoms with E-state index in [0.29, 0.717) is 12.8 Å². The summed E-state index contributed by atoms with van der Waals surface area (Å²) in [5, 5.41) is 10.7. The molecule has 0 aliphatic carbocycles. The van der Waals surface area contributed by atoms with Gasteiger partial charge in [0.15, 0.2) is 11.6 Å². The molecule has 1 aliphatic heterocycles. The van der Waals surface area contributed by atoms with Crippen LogP contribution in [0.4, 0.5) is 0 Å². The minimum Gasteiger partial charge on any atom is -0.388 e. The third-order valence-corrected chi connectivity index (χ3v) is 11.0. The number of aliphatic hydroxyl groups is 1. The standard InChI is InChI=1S/C38H72O7S/c1-5-8-10-12-14-16-18-20-22-24-26-28-30-32-35(40)37(7-3,38(34(4)39)44-46(42,43)45-38)36(41)33-31-29-27-25-23-21-19-17-15-13-11-9-6-2/h34,39H,5-33H2,1-4H3. The predicted molar refractivity (Wildman–Crippen MR) is 189 cm³/mol. The summed E-state index contributed by atoms with van der Waals surface area (Å²) in [4.78, 5) is 27.7. The molecule has 1 unspecified atom stereocenters. The lowest BCUT2D eigenvalue weighted by atomic mass is 9.66. The number of unbranched alkanes of at least 4 members (excludes halogenated alkanes) is 24. The van der Waals surface area contributed by atoms with Crippen LogP contribution in [0.15, 0.2) is 0 Å². The summed E-state index contributed by atoms with van der Waals surface area (Å²) >= 11 is 0. The van der Waals surface area contributed by atoms with Crippen molar-refractivity contribution in [1.82, 2.24) is 0 Å². The highest BCUT2D eigenvalue weighted by molar-refractivity contribution is 7.82. The summed E-state index contributed by atoms with van der Waals surface area (Å²) < 4.78 is 34.4. The van der Waals surface area contributed by atoms with Gasteiger partial charge in [-0.1, -0.05) is 175 Å². The number of rotatable bonds is 33. The van der Waals surface area contributed by atoms with Crippen molar-refractivity contribution in [2.45, 2.75) is 226 Å². The molecule has 1 fully saturated rings. The lowest BCUT2D eigenvalue weighted by Gasteiger charge is -2.51. The van der Waals surface area contributed by atoms with E-state index in [0.717, 1.165) is 38.5 Å². The highest BCUT2D eigenvalue weighted by atomic mass is 32.3. The summed E-state index contributed by atoms with van der Waals surface area (Å²) in [5.41, 5.74) is -1.85. The second-order valence-electron chi connectivity index (χ2n) is 14.0. The van der Waals surface area contributed by atoms with Crippen LogP contribution in [0.5, 0.6) is 0 Å². The number of hydrogen-bond acceptors (Lipinski definition) is 7. The molecule has 0 amide bonds. The molecular formula is C38H72O7S. The highest BCUT2D eigenvalue weighted by Crippen LogP contribution is 2.52. The molecule has 0 saturated carbocycles. The lowest BCUT2D eigenvalue weighted by Crippen LogP contribution is -2.71. The molecule has 1 heterocycles. The molecule has 1 saturated heterocycles. The van der Waals surface area contributed by atoms with Crippen LogP contribution in [0.3, 0.4) is 0 Å². The molecule has 0 bridgehead atoms. The molecular weight excluding hydrogens is 600 g/mol. The molecule has 7 nitrogen and oxygen atoms in total. The van der Waals surface area contributed by atoms with Crippen LogP contribution in [0.2, 0.25) is 0 Å². The van der Waals surface area contributed by atoms with Gasteiger partial charge in [-0.2, -0.15) is 8.42 Å². The van der Waals surface area contributed by atoms with Crippen LogP contribution < -0.4 is 0 Å². The normalized spacial score (nSPS) is 16.3. The first-order valence-electron chi connectivity index (χ1n) is 19.5. The van der Waals surface area contributed by atoms with Gasteiger partial charge in [0, 0.05) is 12.8 Å². The van der Waals surface area contributed by atoms with Crippen LogP contribution in [0, 0.1) is 5.41 Å². The van der Waals surface area contributed by atoms with Crippen molar-refractivity contribution in [3.05, 3.63) is 0 Å². The molecule has 1 aliphatic rings. The summed E-state index contributed by atoms with van der Waals surface area (Å²) in [6.07, 6.45) is 29.5. The molecule has 0 spiro atoms. The minimum atomic E-state index is -4.36. The van der Waals surface area contributed by atoms with Gasteiger partial charge in [-0.15, -0.1) is 0 Å². The van der Waals surface area contributed by atoms with Gasteiger partial charge < -0.3 is 5.11 Å². The maximum atomic E-state index is 13.8. The Balaban J connectivity index is 2.52. The Labute approximate surface area is 284 Å². The monoisotopic (exact) mass is 672 g/mol. The van der Waals surface area contributed by atoms with Crippen LogP contribution >= 0.6 is 0 Å².